The van der Waals surface area contributed by atoms with Gasteiger partial charge in [0, 0.05) is 43.4 Å². The molecule has 3 rings (SSSR count). The topological polar surface area (TPSA) is 35.6 Å². The minimum atomic E-state index is -0.166. The van der Waals surface area contributed by atoms with Crippen molar-refractivity contribution in [2.45, 2.75) is 19.9 Å². The summed E-state index contributed by atoms with van der Waals surface area (Å²) < 4.78 is 0. The van der Waals surface area contributed by atoms with Gasteiger partial charge in [0.2, 0.25) is 5.91 Å². The van der Waals surface area contributed by atoms with Gasteiger partial charge in [0.05, 0.1) is 6.04 Å². The SMILES string of the molecule is Cc1c(Cl)cccc1NC(=O)[C@H](C)N1CCN(C/C=C/c2ccccc2)CC1. The third kappa shape index (κ3) is 5.44. The molecule has 0 bridgehead atoms. The first-order valence-electron chi connectivity index (χ1n) is 9.78. The Morgan fingerprint density at radius 1 is 1.11 bits per heavy atom. The fourth-order valence-corrected chi connectivity index (χ4v) is 3.56. The molecule has 0 unspecified atom stereocenters. The Bertz CT molecular complexity index is 814. The van der Waals surface area contributed by atoms with Gasteiger partial charge < -0.3 is 5.32 Å². The van der Waals surface area contributed by atoms with Crippen molar-refractivity contribution >= 4 is 29.3 Å². The van der Waals surface area contributed by atoms with Gasteiger partial charge in [0.1, 0.15) is 0 Å². The molecule has 0 aliphatic carbocycles. The Balaban J connectivity index is 1.46. The van der Waals surface area contributed by atoms with Crippen LogP contribution in [0.5, 0.6) is 0 Å². The predicted molar refractivity (Wildman–Crippen MR) is 118 cm³/mol. The molecule has 1 atom stereocenters. The standard InChI is InChI=1S/C23H28ClN3O/c1-18-21(24)11-6-12-22(18)25-23(28)19(2)27-16-14-26(15-17-27)13-7-10-20-8-4-3-5-9-20/h3-12,19H,13-17H2,1-2H3,(H,25,28)/b10-7+/t19-/m0/s1. The third-order valence-corrected chi connectivity index (χ3v) is 5.74. The zero-order chi connectivity index (χ0) is 19.9. The molecule has 1 amide bonds. The van der Waals surface area contributed by atoms with E-state index in [0.717, 1.165) is 44.0 Å². The van der Waals surface area contributed by atoms with Crippen LogP contribution in [0.25, 0.3) is 6.08 Å². The van der Waals surface area contributed by atoms with Gasteiger partial charge in [0.25, 0.3) is 0 Å². The second-order valence-corrected chi connectivity index (χ2v) is 7.63. The predicted octanol–water partition coefficient (Wildman–Crippen LogP) is 4.31. The van der Waals surface area contributed by atoms with Crippen LogP contribution in [0.3, 0.4) is 0 Å². The van der Waals surface area contributed by atoms with Crippen LogP contribution in [0, 0.1) is 6.92 Å². The summed E-state index contributed by atoms with van der Waals surface area (Å²) in [7, 11) is 0. The first kappa shape index (κ1) is 20.6. The van der Waals surface area contributed by atoms with Gasteiger partial charge in [-0.2, -0.15) is 0 Å². The largest absolute Gasteiger partial charge is 0.324 e. The Hall–Kier alpha value is -2.14. The summed E-state index contributed by atoms with van der Waals surface area (Å²) >= 11 is 6.15. The number of benzene rings is 2. The van der Waals surface area contributed by atoms with Gasteiger partial charge in [-0.05, 0) is 37.1 Å². The van der Waals surface area contributed by atoms with Gasteiger partial charge in [-0.1, -0.05) is 60.2 Å². The van der Waals surface area contributed by atoms with E-state index in [0.29, 0.717) is 5.02 Å². The van der Waals surface area contributed by atoms with Crippen LogP contribution in [0.15, 0.2) is 54.6 Å². The number of rotatable bonds is 6. The molecular formula is C23H28ClN3O. The summed E-state index contributed by atoms with van der Waals surface area (Å²) in [4.78, 5) is 17.3. The van der Waals surface area contributed by atoms with E-state index in [1.54, 1.807) is 0 Å². The lowest BCUT2D eigenvalue weighted by molar-refractivity contribution is -0.121. The fraction of sp³-hybridized carbons (Fsp3) is 0.348. The molecule has 1 N–H and O–H groups in total. The molecule has 28 heavy (non-hydrogen) atoms. The van der Waals surface area contributed by atoms with Crippen LogP contribution >= 0.6 is 11.6 Å². The van der Waals surface area contributed by atoms with Crippen molar-refractivity contribution in [1.82, 2.24) is 9.80 Å². The van der Waals surface area contributed by atoms with E-state index in [-0.39, 0.29) is 11.9 Å². The third-order valence-electron chi connectivity index (χ3n) is 5.33. The number of hydrogen-bond acceptors (Lipinski definition) is 3. The molecule has 1 aliphatic heterocycles. The van der Waals surface area contributed by atoms with Crippen LogP contribution in [0.2, 0.25) is 5.02 Å². The molecule has 1 aliphatic rings. The number of nitrogens with zero attached hydrogens (tertiary/aromatic N) is 2. The summed E-state index contributed by atoms with van der Waals surface area (Å²) in [6, 6.07) is 15.8. The fourth-order valence-electron chi connectivity index (χ4n) is 3.38. The van der Waals surface area contributed by atoms with Crippen LogP contribution in [-0.4, -0.2) is 54.5 Å². The van der Waals surface area contributed by atoms with E-state index in [2.05, 4.69) is 51.5 Å². The second-order valence-electron chi connectivity index (χ2n) is 7.23. The highest BCUT2D eigenvalue weighted by Gasteiger charge is 2.25. The first-order chi connectivity index (χ1) is 13.5. The molecule has 1 saturated heterocycles. The molecular weight excluding hydrogens is 370 g/mol. The lowest BCUT2D eigenvalue weighted by Gasteiger charge is -2.37. The Morgan fingerprint density at radius 3 is 2.54 bits per heavy atom. The molecule has 0 aromatic heterocycles. The maximum absolute atomic E-state index is 12.7. The monoisotopic (exact) mass is 397 g/mol. The molecule has 0 radical (unpaired) electrons. The minimum absolute atomic E-state index is 0.0165. The minimum Gasteiger partial charge on any atom is -0.324 e. The van der Waals surface area contributed by atoms with E-state index in [1.165, 1.54) is 5.56 Å². The molecule has 1 fully saturated rings. The van der Waals surface area contributed by atoms with Crippen LogP contribution in [0.1, 0.15) is 18.1 Å². The summed E-state index contributed by atoms with van der Waals surface area (Å²) in [5, 5.41) is 3.69. The molecule has 5 heteroatoms. The van der Waals surface area contributed by atoms with Crippen molar-refractivity contribution in [3.63, 3.8) is 0 Å². The summed E-state index contributed by atoms with van der Waals surface area (Å²) in [5.74, 6) is 0.0165. The molecule has 0 spiro atoms. The number of halogens is 1. The number of carbonyl (C=O) groups excluding carboxylic acids is 1. The van der Waals surface area contributed by atoms with Crippen LogP contribution in [0.4, 0.5) is 5.69 Å². The maximum atomic E-state index is 12.7. The van der Waals surface area contributed by atoms with Gasteiger partial charge in [-0.25, -0.2) is 0 Å². The van der Waals surface area contributed by atoms with Gasteiger partial charge in [0.15, 0.2) is 0 Å². The van der Waals surface area contributed by atoms with E-state index < -0.39 is 0 Å². The number of carbonyl (C=O) groups is 1. The average molecular weight is 398 g/mol. The maximum Gasteiger partial charge on any atom is 0.241 e. The highest BCUT2D eigenvalue weighted by molar-refractivity contribution is 6.31. The van der Waals surface area contributed by atoms with E-state index in [1.807, 2.05) is 38.1 Å². The van der Waals surface area contributed by atoms with Crippen molar-refractivity contribution in [1.29, 1.82) is 0 Å². The molecule has 2 aromatic rings. The van der Waals surface area contributed by atoms with E-state index in [4.69, 9.17) is 11.6 Å². The highest BCUT2D eigenvalue weighted by atomic mass is 35.5. The van der Waals surface area contributed by atoms with E-state index in [9.17, 15) is 4.79 Å². The van der Waals surface area contributed by atoms with Crippen molar-refractivity contribution < 1.29 is 4.79 Å². The number of nitrogens with one attached hydrogen (secondary N) is 1. The normalized spacial score (nSPS) is 17.0. The van der Waals surface area contributed by atoms with Crippen molar-refractivity contribution in [3.05, 3.63) is 70.8 Å². The summed E-state index contributed by atoms with van der Waals surface area (Å²) in [5.41, 5.74) is 2.91. The van der Waals surface area contributed by atoms with Crippen molar-refractivity contribution in [2.24, 2.45) is 0 Å². The number of anilines is 1. The van der Waals surface area contributed by atoms with E-state index >= 15 is 0 Å². The highest BCUT2D eigenvalue weighted by Crippen LogP contribution is 2.23. The van der Waals surface area contributed by atoms with Gasteiger partial charge in [-0.3, -0.25) is 14.6 Å². The van der Waals surface area contributed by atoms with Gasteiger partial charge in [-0.15, -0.1) is 0 Å². The lowest BCUT2D eigenvalue weighted by Crippen LogP contribution is -2.52. The number of hydrogen-bond donors (Lipinski definition) is 1. The molecule has 148 valence electrons. The van der Waals surface area contributed by atoms with Gasteiger partial charge >= 0.3 is 0 Å². The zero-order valence-corrected chi connectivity index (χ0v) is 17.3. The zero-order valence-electron chi connectivity index (χ0n) is 16.6. The van der Waals surface area contributed by atoms with Crippen LogP contribution in [-0.2, 0) is 4.79 Å². The van der Waals surface area contributed by atoms with Crippen LogP contribution < -0.4 is 5.32 Å². The quantitative estimate of drug-likeness (QED) is 0.789. The van der Waals surface area contributed by atoms with Crippen molar-refractivity contribution in [2.75, 3.05) is 38.0 Å². The average Bonchev–Trinajstić information content (AvgIpc) is 2.72. The number of amides is 1. The number of piperazine rings is 1. The summed E-state index contributed by atoms with van der Waals surface area (Å²) in [6.45, 7) is 8.54. The molecule has 4 nitrogen and oxygen atoms in total. The Kier molecular flexibility index (Phi) is 7.26. The van der Waals surface area contributed by atoms with Crippen molar-refractivity contribution in [3.8, 4) is 0 Å². The Morgan fingerprint density at radius 2 is 1.82 bits per heavy atom. The Labute approximate surface area is 172 Å². The summed E-state index contributed by atoms with van der Waals surface area (Å²) in [6.07, 6.45) is 4.37. The first-order valence-corrected chi connectivity index (χ1v) is 10.2. The molecule has 1 heterocycles. The smallest absolute Gasteiger partial charge is 0.241 e. The lowest BCUT2D eigenvalue weighted by atomic mass is 10.1. The second kappa shape index (κ2) is 9.87. The molecule has 2 aromatic carbocycles. The molecule has 0 saturated carbocycles.